The Morgan fingerprint density at radius 2 is 1.65 bits per heavy atom. The fourth-order valence-electron chi connectivity index (χ4n) is 0.952. The standard InChI is InChI=1S/C9H24B2O3S3/c1-6-16(4,10-2)13-7-12-9-17(5,11-3)14-8-15/h15H,6-9H2,1-5H3. The highest BCUT2D eigenvalue weighted by Gasteiger charge is 2.19. The fourth-order valence-corrected chi connectivity index (χ4v) is 3.58. The highest BCUT2D eigenvalue weighted by Crippen LogP contribution is 2.45. The van der Waals surface area contributed by atoms with Crippen LogP contribution in [0.3, 0.4) is 0 Å². The molecule has 0 aromatic rings. The van der Waals surface area contributed by atoms with Gasteiger partial charge in [0.25, 0.3) is 0 Å². The summed E-state index contributed by atoms with van der Waals surface area (Å²) in [6, 6.07) is 0. The molecule has 8 heteroatoms. The first-order chi connectivity index (χ1) is 7.95. The van der Waals surface area contributed by atoms with Crippen LogP contribution in [0, 0.1) is 0 Å². The van der Waals surface area contributed by atoms with Gasteiger partial charge >= 0.3 is 0 Å². The third-order valence-electron chi connectivity index (χ3n) is 2.61. The van der Waals surface area contributed by atoms with E-state index in [4.69, 9.17) is 13.1 Å². The van der Waals surface area contributed by atoms with E-state index in [9.17, 15) is 0 Å². The van der Waals surface area contributed by atoms with Crippen LogP contribution >= 0.6 is 32.9 Å². The average Bonchev–Trinajstić information content (AvgIpc) is 2.35. The lowest BCUT2D eigenvalue weighted by atomic mass is 10.2. The molecule has 2 unspecified atom stereocenters. The van der Waals surface area contributed by atoms with Crippen LogP contribution in [0.15, 0.2) is 0 Å². The third kappa shape index (κ3) is 7.28. The van der Waals surface area contributed by atoms with Gasteiger partial charge in [-0.25, -0.2) is 0 Å². The summed E-state index contributed by atoms with van der Waals surface area (Å²) in [6.07, 6.45) is 4.19. The van der Waals surface area contributed by atoms with Gasteiger partial charge in [0.15, 0.2) is 13.4 Å². The zero-order chi connectivity index (χ0) is 13.4. The predicted molar refractivity (Wildman–Crippen MR) is 87.6 cm³/mol. The van der Waals surface area contributed by atoms with Crippen molar-refractivity contribution in [3.8, 4) is 0 Å². The van der Waals surface area contributed by atoms with E-state index in [1.807, 2.05) is 13.6 Å². The Morgan fingerprint density at radius 1 is 1.06 bits per heavy atom. The fraction of sp³-hybridized carbons (Fsp3) is 1.00. The SMILES string of the molecule is C[B]S(C)(CC)OCOCS(C)([B]C)OCS. The normalized spacial score (nSPS) is 22.0. The van der Waals surface area contributed by atoms with E-state index in [0.29, 0.717) is 18.7 Å². The van der Waals surface area contributed by atoms with Crippen molar-refractivity contribution in [1.82, 2.24) is 0 Å². The van der Waals surface area contributed by atoms with Gasteiger partial charge in [-0.3, -0.25) is 0 Å². The molecule has 0 saturated carbocycles. The van der Waals surface area contributed by atoms with Crippen LogP contribution in [0.4, 0.5) is 0 Å². The highest BCUT2D eigenvalue weighted by atomic mass is 32.3. The van der Waals surface area contributed by atoms with Gasteiger partial charge in [0.2, 0.25) is 6.56 Å². The first-order valence-corrected chi connectivity index (χ1v) is 10.6. The van der Waals surface area contributed by atoms with E-state index in [1.54, 1.807) is 0 Å². The predicted octanol–water partition coefficient (Wildman–Crippen LogP) is 2.89. The Kier molecular flexibility index (Phi) is 9.61. The zero-order valence-electron chi connectivity index (χ0n) is 11.5. The van der Waals surface area contributed by atoms with Gasteiger partial charge in [0.05, 0.1) is 5.94 Å². The molecule has 0 aliphatic rings. The van der Waals surface area contributed by atoms with Crippen LogP contribution in [-0.2, 0) is 13.1 Å². The summed E-state index contributed by atoms with van der Waals surface area (Å²) < 4.78 is 16.9. The molecular weight excluding hydrogens is 274 g/mol. The molecule has 2 radical (unpaired) electrons. The minimum atomic E-state index is -1.26. The van der Waals surface area contributed by atoms with Crippen LogP contribution in [-0.4, -0.2) is 50.1 Å². The maximum absolute atomic E-state index is 5.78. The summed E-state index contributed by atoms with van der Waals surface area (Å²) in [4.78, 5) is 0. The monoisotopic (exact) mass is 298 g/mol. The summed E-state index contributed by atoms with van der Waals surface area (Å²) in [5.74, 6) is 2.00. The van der Waals surface area contributed by atoms with Crippen molar-refractivity contribution in [3.63, 3.8) is 0 Å². The van der Waals surface area contributed by atoms with Crippen LogP contribution in [0.25, 0.3) is 0 Å². The summed E-state index contributed by atoms with van der Waals surface area (Å²) >= 11 is 4.08. The number of thiol groups is 1. The number of rotatable bonds is 10. The molecule has 17 heavy (non-hydrogen) atoms. The van der Waals surface area contributed by atoms with Crippen molar-refractivity contribution >= 4 is 46.1 Å². The number of hydrogen-bond acceptors (Lipinski definition) is 4. The zero-order valence-corrected chi connectivity index (χ0v) is 14.0. The summed E-state index contributed by atoms with van der Waals surface area (Å²) in [5.41, 5.74) is 0. The second-order valence-corrected chi connectivity index (χ2v) is 10.5. The summed E-state index contributed by atoms with van der Waals surface area (Å²) in [7, 11) is -2.32. The van der Waals surface area contributed by atoms with Gasteiger partial charge in [-0.15, -0.1) is 0 Å². The van der Waals surface area contributed by atoms with Gasteiger partial charge in [-0.1, -0.05) is 20.6 Å². The van der Waals surface area contributed by atoms with Crippen molar-refractivity contribution in [1.29, 1.82) is 0 Å². The molecule has 0 rings (SSSR count). The topological polar surface area (TPSA) is 27.7 Å². The molecule has 0 spiro atoms. The minimum absolute atomic E-state index is 0.330. The molecule has 3 nitrogen and oxygen atoms in total. The van der Waals surface area contributed by atoms with E-state index in [-0.39, 0.29) is 0 Å². The maximum Gasteiger partial charge on any atom is 0.202 e. The quantitative estimate of drug-likeness (QED) is 0.291. The van der Waals surface area contributed by atoms with Crippen molar-refractivity contribution < 1.29 is 13.1 Å². The third-order valence-corrected chi connectivity index (χ3v) is 7.98. The van der Waals surface area contributed by atoms with E-state index in [0.717, 1.165) is 5.75 Å². The Balaban J connectivity index is 3.90. The van der Waals surface area contributed by atoms with Crippen LogP contribution < -0.4 is 0 Å². The molecule has 0 aliphatic carbocycles. The van der Waals surface area contributed by atoms with Crippen molar-refractivity contribution in [3.05, 3.63) is 0 Å². The molecule has 0 aromatic heterocycles. The van der Waals surface area contributed by atoms with E-state index in [2.05, 4.69) is 45.2 Å². The van der Waals surface area contributed by atoms with Gasteiger partial charge in [-0.2, -0.15) is 32.9 Å². The number of ether oxygens (including phenoxy) is 1. The summed E-state index contributed by atoms with van der Waals surface area (Å²) in [6.45, 7) is 10.7. The van der Waals surface area contributed by atoms with Crippen molar-refractivity contribution in [2.24, 2.45) is 0 Å². The van der Waals surface area contributed by atoms with E-state index in [1.165, 1.54) is 0 Å². The molecular formula is C9H24B2O3S3. The molecule has 0 bridgehead atoms. The van der Waals surface area contributed by atoms with Crippen LogP contribution in [0.5, 0.6) is 0 Å². The largest absolute Gasteiger partial charge is 0.344 e. The van der Waals surface area contributed by atoms with Crippen LogP contribution in [0.1, 0.15) is 6.92 Å². The van der Waals surface area contributed by atoms with Crippen LogP contribution in [0.2, 0.25) is 13.6 Å². The molecule has 0 fully saturated rings. The molecule has 0 amide bonds. The minimum Gasteiger partial charge on any atom is -0.344 e. The van der Waals surface area contributed by atoms with E-state index >= 15 is 0 Å². The Bertz CT molecular complexity index is 208. The Morgan fingerprint density at radius 3 is 2.06 bits per heavy atom. The lowest BCUT2D eigenvalue weighted by molar-refractivity contribution is 0.0511. The Hall–Kier alpha value is 1.06. The molecule has 0 aromatic carbocycles. The first kappa shape index (κ1) is 18.1. The Labute approximate surface area is 116 Å². The molecule has 0 heterocycles. The number of hydrogen-bond donors (Lipinski definition) is 1. The molecule has 0 aliphatic heterocycles. The van der Waals surface area contributed by atoms with Gasteiger partial charge in [0.1, 0.15) is 5.94 Å². The van der Waals surface area contributed by atoms with E-state index < -0.39 is 20.3 Å². The molecule has 102 valence electrons. The lowest BCUT2D eigenvalue weighted by Gasteiger charge is -2.35. The van der Waals surface area contributed by atoms with Gasteiger partial charge in [0, 0.05) is 0 Å². The van der Waals surface area contributed by atoms with Crippen molar-refractivity contribution in [2.45, 2.75) is 20.6 Å². The van der Waals surface area contributed by atoms with Gasteiger partial charge < -0.3 is 13.1 Å². The molecule has 2 atom stereocenters. The maximum atomic E-state index is 5.78. The second-order valence-electron chi connectivity index (χ2n) is 3.71. The molecule has 0 saturated heterocycles. The highest BCUT2D eigenvalue weighted by molar-refractivity contribution is 8.48. The van der Waals surface area contributed by atoms with Gasteiger partial charge in [-0.05, 0) is 18.3 Å². The van der Waals surface area contributed by atoms with Crippen molar-refractivity contribution in [2.75, 3.05) is 36.9 Å². The molecule has 0 N–H and O–H groups in total. The summed E-state index contributed by atoms with van der Waals surface area (Å²) in [5, 5.41) is 0. The second kappa shape index (κ2) is 9.04. The lowest BCUT2D eigenvalue weighted by Crippen LogP contribution is -2.18. The first-order valence-electron chi connectivity index (χ1n) is 5.53. The average molecular weight is 298 g/mol. The smallest absolute Gasteiger partial charge is 0.202 e.